The van der Waals surface area contributed by atoms with E-state index in [1.165, 1.54) is 22.7 Å². The molecule has 0 bridgehead atoms. The van der Waals surface area contributed by atoms with Crippen molar-refractivity contribution in [3.63, 3.8) is 0 Å². The fourth-order valence-electron chi connectivity index (χ4n) is 4.73. The van der Waals surface area contributed by atoms with Crippen molar-refractivity contribution in [3.05, 3.63) is 60.2 Å². The highest BCUT2D eigenvalue weighted by molar-refractivity contribution is 5.85. The van der Waals surface area contributed by atoms with Crippen LogP contribution in [0.5, 0.6) is 0 Å². The molecule has 1 saturated heterocycles. The van der Waals surface area contributed by atoms with Crippen LogP contribution < -0.4 is 10.6 Å². The number of pyridine rings is 1. The Morgan fingerprint density at radius 1 is 1.14 bits per heavy atom. The van der Waals surface area contributed by atoms with Crippen molar-refractivity contribution in [2.75, 3.05) is 18.0 Å². The molecule has 4 heterocycles. The quantitative estimate of drug-likeness (QED) is 0.416. The number of alkyl halides is 3. The fourth-order valence-corrected chi connectivity index (χ4v) is 4.73. The molecular weight excluding hydrogens is 481 g/mol. The highest BCUT2D eigenvalue weighted by Crippen LogP contribution is 2.31. The summed E-state index contributed by atoms with van der Waals surface area (Å²) in [7, 11) is 2.06. The Balaban J connectivity index is 0.00000289. The summed E-state index contributed by atoms with van der Waals surface area (Å²) in [5.74, 6) is -0.322. The number of piperidine rings is 1. The fraction of sp³-hybridized carbons (Fsp3) is 0.375. The third kappa shape index (κ3) is 5.13. The normalized spacial score (nSPS) is 15.9. The van der Waals surface area contributed by atoms with Gasteiger partial charge >= 0.3 is 12.1 Å². The molecule has 0 amide bonds. The molecular formula is C24H26ClF3N6O. The summed E-state index contributed by atoms with van der Waals surface area (Å²) in [4.78, 5) is 9.99. The lowest BCUT2D eigenvalue weighted by molar-refractivity contribution is -0.159. The van der Waals surface area contributed by atoms with Gasteiger partial charge in [-0.2, -0.15) is 18.2 Å². The van der Waals surface area contributed by atoms with E-state index in [4.69, 9.17) is 5.73 Å². The molecule has 1 aliphatic heterocycles. The zero-order chi connectivity index (χ0) is 23.9. The van der Waals surface area contributed by atoms with E-state index < -0.39 is 12.1 Å². The van der Waals surface area contributed by atoms with E-state index in [0.717, 1.165) is 38.2 Å². The first-order valence-electron chi connectivity index (χ1n) is 11.2. The van der Waals surface area contributed by atoms with Gasteiger partial charge in [0.1, 0.15) is 5.82 Å². The molecule has 3 aromatic heterocycles. The molecule has 0 radical (unpaired) electrons. The summed E-state index contributed by atoms with van der Waals surface area (Å²) < 4.78 is 44.5. The summed E-state index contributed by atoms with van der Waals surface area (Å²) in [5.41, 5.74) is 9.50. The minimum absolute atomic E-state index is 0. The molecule has 35 heavy (non-hydrogen) atoms. The smallest absolute Gasteiger partial charge is 0.357 e. The van der Waals surface area contributed by atoms with E-state index in [0.29, 0.717) is 11.5 Å². The van der Waals surface area contributed by atoms with Crippen LogP contribution in [-0.2, 0) is 19.6 Å². The first-order valence-corrected chi connectivity index (χ1v) is 11.2. The Hall–Kier alpha value is -3.11. The summed E-state index contributed by atoms with van der Waals surface area (Å²) >= 11 is 0. The minimum Gasteiger partial charge on any atom is -0.357 e. The van der Waals surface area contributed by atoms with E-state index in [-0.39, 0.29) is 24.3 Å². The Morgan fingerprint density at radius 2 is 1.89 bits per heavy atom. The second-order valence-electron chi connectivity index (χ2n) is 8.80. The van der Waals surface area contributed by atoms with Gasteiger partial charge in [0.25, 0.3) is 0 Å². The molecule has 1 aliphatic rings. The van der Waals surface area contributed by atoms with Crippen LogP contribution in [0, 0.1) is 5.92 Å². The van der Waals surface area contributed by atoms with Crippen LogP contribution in [0.15, 0.2) is 53.3 Å². The monoisotopic (exact) mass is 506 g/mol. The van der Waals surface area contributed by atoms with Gasteiger partial charge in [0.15, 0.2) is 0 Å². The summed E-state index contributed by atoms with van der Waals surface area (Å²) in [6.07, 6.45) is 1.72. The molecule has 7 nitrogen and oxygen atoms in total. The van der Waals surface area contributed by atoms with Crippen LogP contribution in [-0.4, -0.2) is 38.8 Å². The Labute approximate surface area is 206 Å². The zero-order valence-corrected chi connectivity index (χ0v) is 19.9. The number of nitrogens with zero attached hydrogens (tertiary/aromatic N) is 5. The van der Waals surface area contributed by atoms with Gasteiger partial charge in [0, 0.05) is 55.0 Å². The lowest BCUT2D eigenvalue weighted by Gasteiger charge is -2.35. The van der Waals surface area contributed by atoms with Gasteiger partial charge in [0.05, 0.1) is 0 Å². The van der Waals surface area contributed by atoms with Crippen molar-refractivity contribution < 1.29 is 17.7 Å². The van der Waals surface area contributed by atoms with Gasteiger partial charge in [-0.1, -0.05) is 23.4 Å². The van der Waals surface area contributed by atoms with Crippen LogP contribution in [0.1, 0.15) is 24.3 Å². The number of fused-ring (bicyclic) bond motifs is 1. The third-order valence-corrected chi connectivity index (χ3v) is 6.58. The van der Waals surface area contributed by atoms with E-state index in [1.807, 2.05) is 6.07 Å². The second kappa shape index (κ2) is 9.87. The van der Waals surface area contributed by atoms with Gasteiger partial charge in [0.2, 0.25) is 5.82 Å². The maximum Gasteiger partial charge on any atom is 0.471 e. The van der Waals surface area contributed by atoms with Crippen molar-refractivity contribution in [2.45, 2.75) is 31.5 Å². The first-order chi connectivity index (χ1) is 16.3. The Morgan fingerprint density at radius 3 is 2.54 bits per heavy atom. The second-order valence-corrected chi connectivity index (χ2v) is 8.80. The molecule has 11 heteroatoms. The van der Waals surface area contributed by atoms with Crippen LogP contribution in [0.2, 0.25) is 0 Å². The molecule has 4 aromatic rings. The van der Waals surface area contributed by atoms with Gasteiger partial charge in [-0.05, 0) is 48.9 Å². The number of para-hydroxylation sites is 1. The van der Waals surface area contributed by atoms with Crippen molar-refractivity contribution in [3.8, 4) is 11.4 Å². The standard InChI is InChI=1S/C24H25F3N6O.ClH/c1-32-14-17(18-4-2-3-5-20(18)32)12-19(28)15-8-10-33(11-9-15)21-7-6-16(13-29-21)22-30-23(34-31-22)24(25,26)27;/h2-7,13-15,19H,8-12,28H2,1H3;1H. The number of benzene rings is 1. The molecule has 0 saturated carbocycles. The lowest BCUT2D eigenvalue weighted by Crippen LogP contribution is -2.42. The van der Waals surface area contributed by atoms with Crippen LogP contribution >= 0.6 is 12.4 Å². The molecule has 5 rings (SSSR count). The maximum atomic E-state index is 12.7. The summed E-state index contributed by atoms with van der Waals surface area (Å²) in [6, 6.07) is 11.9. The van der Waals surface area contributed by atoms with Crippen molar-refractivity contribution in [1.82, 2.24) is 19.7 Å². The predicted octanol–water partition coefficient (Wildman–Crippen LogP) is 4.85. The average molecular weight is 507 g/mol. The average Bonchev–Trinajstić information content (AvgIpc) is 3.45. The first kappa shape index (κ1) is 25.0. The molecule has 1 fully saturated rings. The van der Waals surface area contributed by atoms with Gasteiger partial charge in [-0.3, -0.25) is 0 Å². The van der Waals surface area contributed by atoms with Crippen molar-refractivity contribution in [2.24, 2.45) is 18.7 Å². The molecule has 1 unspecified atom stereocenters. The third-order valence-electron chi connectivity index (χ3n) is 6.58. The van der Waals surface area contributed by atoms with E-state index >= 15 is 0 Å². The summed E-state index contributed by atoms with van der Waals surface area (Å²) in [6.45, 7) is 1.64. The number of aromatic nitrogens is 4. The zero-order valence-electron chi connectivity index (χ0n) is 19.1. The van der Waals surface area contributed by atoms with Crippen molar-refractivity contribution >= 4 is 29.1 Å². The number of anilines is 1. The largest absolute Gasteiger partial charge is 0.471 e. The highest BCUT2D eigenvalue weighted by Gasteiger charge is 2.38. The molecule has 0 spiro atoms. The van der Waals surface area contributed by atoms with Crippen molar-refractivity contribution in [1.29, 1.82) is 0 Å². The number of rotatable bonds is 5. The predicted molar refractivity (Wildman–Crippen MR) is 129 cm³/mol. The topological polar surface area (TPSA) is 86.0 Å². The van der Waals surface area contributed by atoms with E-state index in [9.17, 15) is 13.2 Å². The molecule has 0 aliphatic carbocycles. The highest BCUT2D eigenvalue weighted by atomic mass is 35.5. The van der Waals surface area contributed by atoms with E-state index in [2.05, 4.69) is 60.6 Å². The van der Waals surface area contributed by atoms with Gasteiger partial charge < -0.3 is 19.7 Å². The number of hydrogen-bond acceptors (Lipinski definition) is 6. The molecule has 1 atom stereocenters. The summed E-state index contributed by atoms with van der Waals surface area (Å²) in [5, 5.41) is 4.66. The van der Waals surface area contributed by atoms with Crippen LogP contribution in [0.25, 0.3) is 22.3 Å². The van der Waals surface area contributed by atoms with E-state index in [1.54, 1.807) is 12.1 Å². The number of nitrogens with two attached hydrogens (primary N) is 1. The number of aryl methyl sites for hydroxylation is 1. The lowest BCUT2D eigenvalue weighted by atomic mass is 9.86. The maximum absolute atomic E-state index is 12.7. The van der Waals surface area contributed by atoms with Gasteiger partial charge in [-0.15, -0.1) is 12.4 Å². The van der Waals surface area contributed by atoms with Crippen LogP contribution in [0.3, 0.4) is 0 Å². The minimum atomic E-state index is -4.67. The van der Waals surface area contributed by atoms with Gasteiger partial charge in [-0.25, -0.2) is 4.98 Å². The Kier molecular flexibility index (Phi) is 7.05. The molecule has 1 aromatic carbocycles. The molecule has 186 valence electrons. The SMILES string of the molecule is Cl.Cn1cc(CC(N)C2CCN(c3ccc(-c4noc(C(F)(F)F)n4)cn3)CC2)c2ccccc21. The molecule has 2 N–H and O–H groups in total. The number of hydrogen-bond donors (Lipinski definition) is 1. The Bertz CT molecular complexity index is 1280. The van der Waals surface area contributed by atoms with Crippen LogP contribution in [0.4, 0.5) is 19.0 Å². The number of halogens is 4.